The van der Waals surface area contributed by atoms with E-state index in [2.05, 4.69) is 15.0 Å². The maximum atomic E-state index is 15.0. The van der Waals surface area contributed by atoms with Crippen LogP contribution >= 0.6 is 0 Å². The molecule has 0 aliphatic rings. The third-order valence-electron chi connectivity index (χ3n) is 4.14. The van der Waals surface area contributed by atoms with E-state index in [0.717, 1.165) is 12.1 Å². The summed E-state index contributed by atoms with van der Waals surface area (Å²) in [6, 6.07) is 8.43. The number of hydrogen-bond acceptors (Lipinski definition) is 4. The summed E-state index contributed by atoms with van der Waals surface area (Å²) in [6.07, 6.45) is 1.84. The molecule has 3 rings (SSSR count). The van der Waals surface area contributed by atoms with E-state index in [1.54, 1.807) is 25.1 Å². The Balaban J connectivity index is 2.04. The Kier molecular flexibility index (Phi) is 5.78. The fourth-order valence-corrected chi connectivity index (χ4v) is 4.06. The highest BCUT2D eigenvalue weighted by Gasteiger charge is 2.19. The number of hydrogen-bond donors (Lipinski definition) is 2. The van der Waals surface area contributed by atoms with Crippen molar-refractivity contribution in [2.75, 3.05) is 15.8 Å². The zero-order chi connectivity index (χ0) is 21.2. The average Bonchev–Trinajstić information content (AvgIpc) is 2.63. The van der Waals surface area contributed by atoms with E-state index >= 15 is 0 Å². The van der Waals surface area contributed by atoms with Crippen molar-refractivity contribution in [2.24, 2.45) is 0 Å². The Labute approximate surface area is 167 Å². The van der Waals surface area contributed by atoms with E-state index in [1.165, 1.54) is 19.2 Å². The smallest absolute Gasteiger partial charge is 0.232 e. The van der Waals surface area contributed by atoms with Crippen LogP contribution in [0.5, 0.6) is 0 Å². The maximum absolute atomic E-state index is 15.0. The van der Waals surface area contributed by atoms with Crippen LogP contribution in [0.4, 0.5) is 20.3 Å². The third kappa shape index (κ3) is 4.68. The number of anilines is 2. The number of rotatable bonds is 6. The van der Waals surface area contributed by atoms with E-state index in [-0.39, 0.29) is 28.5 Å². The van der Waals surface area contributed by atoms with Gasteiger partial charge in [0, 0.05) is 18.5 Å². The van der Waals surface area contributed by atoms with Crippen LogP contribution in [0.1, 0.15) is 20.3 Å². The molecule has 1 amide bonds. The quantitative estimate of drug-likeness (QED) is 0.624. The van der Waals surface area contributed by atoms with Crippen LogP contribution in [-0.4, -0.2) is 25.1 Å². The molecule has 1 aromatic heterocycles. The zero-order valence-electron chi connectivity index (χ0n) is 15.8. The van der Waals surface area contributed by atoms with Gasteiger partial charge in [0.1, 0.15) is 11.6 Å². The molecule has 0 radical (unpaired) electrons. The standard InChI is InChI=1S/C20H19F2N3O3S/c1-3-8-29(27,28)25-17-7-6-16(21)19(20(17)22)14-5-4-13-10-18(24-12(2)26)23-11-15(13)9-14/h4-7,9-11,25H,3,8H2,1-2H3,(H,23,24,26). The number of fused-ring (bicyclic) bond motifs is 1. The van der Waals surface area contributed by atoms with Gasteiger partial charge >= 0.3 is 0 Å². The van der Waals surface area contributed by atoms with Gasteiger partial charge in [-0.25, -0.2) is 22.2 Å². The van der Waals surface area contributed by atoms with Gasteiger partial charge in [0.05, 0.1) is 17.0 Å². The molecule has 0 fully saturated rings. The molecule has 3 aromatic rings. The molecule has 0 aliphatic carbocycles. The number of pyridine rings is 1. The normalized spacial score (nSPS) is 11.4. The lowest BCUT2D eigenvalue weighted by molar-refractivity contribution is -0.114. The SMILES string of the molecule is CCCS(=O)(=O)Nc1ccc(F)c(-c2ccc3cc(NC(C)=O)ncc3c2)c1F. The molecule has 0 aliphatic heterocycles. The summed E-state index contributed by atoms with van der Waals surface area (Å²) in [5.74, 6) is -1.88. The van der Waals surface area contributed by atoms with E-state index in [4.69, 9.17) is 0 Å². The fraction of sp³-hybridized carbons (Fsp3) is 0.200. The number of benzene rings is 2. The second kappa shape index (κ2) is 8.12. The van der Waals surface area contributed by atoms with Gasteiger partial charge in [-0.1, -0.05) is 19.1 Å². The molecular weight excluding hydrogens is 400 g/mol. The summed E-state index contributed by atoms with van der Waals surface area (Å²) in [6.45, 7) is 3.05. The lowest BCUT2D eigenvalue weighted by Gasteiger charge is -2.13. The van der Waals surface area contributed by atoms with E-state index in [1.807, 2.05) is 0 Å². The summed E-state index contributed by atoms with van der Waals surface area (Å²) >= 11 is 0. The first-order valence-electron chi connectivity index (χ1n) is 8.86. The highest BCUT2D eigenvalue weighted by atomic mass is 32.2. The lowest BCUT2D eigenvalue weighted by Crippen LogP contribution is -2.17. The van der Waals surface area contributed by atoms with Gasteiger partial charge in [-0.05, 0) is 41.6 Å². The average molecular weight is 419 g/mol. The molecule has 1 heterocycles. The molecule has 0 unspecified atom stereocenters. The van der Waals surface area contributed by atoms with Gasteiger partial charge in [-0.15, -0.1) is 0 Å². The van der Waals surface area contributed by atoms with Crippen LogP contribution in [0.25, 0.3) is 21.9 Å². The first-order valence-corrected chi connectivity index (χ1v) is 10.5. The molecule has 0 saturated heterocycles. The van der Waals surface area contributed by atoms with Gasteiger partial charge in [0.25, 0.3) is 0 Å². The molecule has 0 spiro atoms. The van der Waals surface area contributed by atoms with E-state index < -0.39 is 21.7 Å². The number of sulfonamides is 1. The molecule has 9 heteroatoms. The first-order chi connectivity index (χ1) is 13.7. The van der Waals surface area contributed by atoms with Crippen LogP contribution in [-0.2, 0) is 14.8 Å². The first kappa shape index (κ1) is 20.7. The minimum absolute atomic E-state index is 0.169. The summed E-state index contributed by atoms with van der Waals surface area (Å²) in [5.41, 5.74) is -0.415. The molecule has 0 saturated carbocycles. The van der Waals surface area contributed by atoms with Crippen molar-refractivity contribution in [2.45, 2.75) is 20.3 Å². The highest BCUT2D eigenvalue weighted by Crippen LogP contribution is 2.33. The van der Waals surface area contributed by atoms with Crippen LogP contribution in [0.3, 0.4) is 0 Å². The summed E-state index contributed by atoms with van der Waals surface area (Å²) in [7, 11) is -3.73. The Bertz CT molecular complexity index is 1200. The summed E-state index contributed by atoms with van der Waals surface area (Å²) < 4.78 is 55.5. The van der Waals surface area contributed by atoms with Crippen molar-refractivity contribution >= 4 is 38.2 Å². The molecule has 6 nitrogen and oxygen atoms in total. The van der Waals surface area contributed by atoms with Crippen molar-refractivity contribution < 1.29 is 22.0 Å². The van der Waals surface area contributed by atoms with Crippen molar-refractivity contribution in [1.82, 2.24) is 4.98 Å². The number of amides is 1. The third-order valence-corrected chi connectivity index (χ3v) is 5.62. The van der Waals surface area contributed by atoms with Crippen LogP contribution in [0.2, 0.25) is 0 Å². The zero-order valence-corrected chi connectivity index (χ0v) is 16.6. The fourth-order valence-electron chi connectivity index (χ4n) is 2.93. The van der Waals surface area contributed by atoms with Crippen LogP contribution in [0, 0.1) is 11.6 Å². The molecule has 2 aromatic carbocycles. The van der Waals surface area contributed by atoms with Gasteiger partial charge in [-0.3, -0.25) is 9.52 Å². The van der Waals surface area contributed by atoms with E-state index in [9.17, 15) is 22.0 Å². The van der Waals surface area contributed by atoms with Crippen LogP contribution in [0.15, 0.2) is 42.6 Å². The topological polar surface area (TPSA) is 88.2 Å². The molecule has 2 N–H and O–H groups in total. The largest absolute Gasteiger partial charge is 0.311 e. The highest BCUT2D eigenvalue weighted by molar-refractivity contribution is 7.92. The molecular formula is C20H19F2N3O3S. The number of nitrogens with one attached hydrogen (secondary N) is 2. The molecule has 0 atom stereocenters. The van der Waals surface area contributed by atoms with Crippen molar-refractivity contribution in [3.05, 3.63) is 54.2 Å². The summed E-state index contributed by atoms with van der Waals surface area (Å²) in [4.78, 5) is 15.3. The minimum Gasteiger partial charge on any atom is -0.311 e. The van der Waals surface area contributed by atoms with Gasteiger partial charge < -0.3 is 5.32 Å². The van der Waals surface area contributed by atoms with Gasteiger partial charge in [-0.2, -0.15) is 0 Å². The van der Waals surface area contributed by atoms with Crippen molar-refractivity contribution in [3.63, 3.8) is 0 Å². The van der Waals surface area contributed by atoms with E-state index in [0.29, 0.717) is 23.0 Å². The summed E-state index contributed by atoms with van der Waals surface area (Å²) in [5, 5.41) is 3.89. The second-order valence-electron chi connectivity index (χ2n) is 6.52. The predicted molar refractivity (Wildman–Crippen MR) is 109 cm³/mol. The number of carbonyl (C=O) groups excluding carboxylic acids is 1. The lowest BCUT2D eigenvalue weighted by atomic mass is 10.0. The van der Waals surface area contributed by atoms with Crippen molar-refractivity contribution in [3.8, 4) is 11.1 Å². The monoisotopic (exact) mass is 419 g/mol. The minimum atomic E-state index is -3.73. The Morgan fingerprint density at radius 1 is 1.10 bits per heavy atom. The molecule has 29 heavy (non-hydrogen) atoms. The number of halogens is 2. The number of carbonyl (C=O) groups is 1. The van der Waals surface area contributed by atoms with Crippen LogP contribution < -0.4 is 10.0 Å². The van der Waals surface area contributed by atoms with Crippen molar-refractivity contribution in [1.29, 1.82) is 0 Å². The number of aromatic nitrogens is 1. The molecule has 152 valence electrons. The van der Waals surface area contributed by atoms with Gasteiger partial charge in [0.15, 0.2) is 5.82 Å². The Morgan fingerprint density at radius 3 is 2.55 bits per heavy atom. The Hall–Kier alpha value is -3.07. The Morgan fingerprint density at radius 2 is 1.86 bits per heavy atom. The second-order valence-corrected chi connectivity index (χ2v) is 8.36. The molecule has 0 bridgehead atoms. The van der Waals surface area contributed by atoms with Gasteiger partial charge in [0.2, 0.25) is 15.9 Å². The predicted octanol–water partition coefficient (Wildman–Crippen LogP) is 4.29. The number of nitrogens with zero attached hydrogens (tertiary/aromatic N) is 1. The maximum Gasteiger partial charge on any atom is 0.232 e.